The predicted octanol–water partition coefficient (Wildman–Crippen LogP) is 1.15. The fourth-order valence-electron chi connectivity index (χ4n) is 1.17. The van der Waals surface area contributed by atoms with Crippen molar-refractivity contribution in [3.8, 4) is 0 Å². The van der Waals surface area contributed by atoms with E-state index in [1.54, 1.807) is 0 Å². The van der Waals surface area contributed by atoms with Gasteiger partial charge in [-0.3, -0.25) is 0 Å². The first-order chi connectivity index (χ1) is 4.62. The predicted molar refractivity (Wildman–Crippen MR) is 41.8 cm³/mol. The molecule has 1 atom stereocenters. The maximum atomic E-state index is 5.64. The summed E-state index contributed by atoms with van der Waals surface area (Å²) in [7, 11) is 0. The SMILES string of the molecule is C[C@H](N)CCC1(C)COC1. The highest BCUT2D eigenvalue weighted by Gasteiger charge is 2.32. The molecule has 0 aromatic carbocycles. The number of rotatable bonds is 3. The highest BCUT2D eigenvalue weighted by Crippen LogP contribution is 2.31. The Bertz CT molecular complexity index is 108. The Hall–Kier alpha value is -0.0800. The molecule has 0 aliphatic carbocycles. The highest BCUT2D eigenvalue weighted by molar-refractivity contribution is 4.81. The van der Waals surface area contributed by atoms with E-state index < -0.39 is 0 Å². The van der Waals surface area contributed by atoms with E-state index in [0.29, 0.717) is 11.5 Å². The minimum Gasteiger partial charge on any atom is -0.380 e. The molecule has 2 heteroatoms. The summed E-state index contributed by atoms with van der Waals surface area (Å²) in [5.74, 6) is 0. The third-order valence-corrected chi connectivity index (χ3v) is 2.10. The van der Waals surface area contributed by atoms with Gasteiger partial charge in [-0.2, -0.15) is 0 Å². The van der Waals surface area contributed by atoms with Crippen molar-refractivity contribution in [2.75, 3.05) is 13.2 Å². The van der Waals surface area contributed by atoms with Gasteiger partial charge in [0.2, 0.25) is 0 Å². The Morgan fingerprint density at radius 1 is 1.60 bits per heavy atom. The molecule has 1 aliphatic rings. The molecule has 0 aromatic rings. The van der Waals surface area contributed by atoms with Gasteiger partial charge in [0.1, 0.15) is 0 Å². The Morgan fingerprint density at radius 2 is 2.20 bits per heavy atom. The van der Waals surface area contributed by atoms with E-state index in [9.17, 15) is 0 Å². The molecule has 0 aromatic heterocycles. The van der Waals surface area contributed by atoms with E-state index in [4.69, 9.17) is 10.5 Å². The van der Waals surface area contributed by atoms with Crippen molar-refractivity contribution in [2.24, 2.45) is 11.1 Å². The maximum absolute atomic E-state index is 5.64. The highest BCUT2D eigenvalue weighted by atomic mass is 16.5. The summed E-state index contributed by atoms with van der Waals surface area (Å²) < 4.78 is 5.13. The van der Waals surface area contributed by atoms with Gasteiger partial charge in [-0.05, 0) is 19.8 Å². The average Bonchev–Trinajstić information content (AvgIpc) is 1.79. The van der Waals surface area contributed by atoms with Crippen LogP contribution in [0.25, 0.3) is 0 Å². The third-order valence-electron chi connectivity index (χ3n) is 2.10. The van der Waals surface area contributed by atoms with Crippen LogP contribution in [0.15, 0.2) is 0 Å². The molecule has 0 amide bonds. The van der Waals surface area contributed by atoms with Crippen molar-refractivity contribution in [3.63, 3.8) is 0 Å². The van der Waals surface area contributed by atoms with E-state index in [0.717, 1.165) is 19.6 Å². The topological polar surface area (TPSA) is 35.2 Å². The van der Waals surface area contributed by atoms with Crippen LogP contribution in [0.1, 0.15) is 26.7 Å². The van der Waals surface area contributed by atoms with Crippen molar-refractivity contribution in [3.05, 3.63) is 0 Å². The molecule has 0 unspecified atom stereocenters. The van der Waals surface area contributed by atoms with E-state index >= 15 is 0 Å². The monoisotopic (exact) mass is 143 g/mol. The van der Waals surface area contributed by atoms with Crippen LogP contribution in [0.4, 0.5) is 0 Å². The molecule has 2 N–H and O–H groups in total. The molecule has 1 heterocycles. The second-order valence-electron chi connectivity index (χ2n) is 3.82. The second kappa shape index (κ2) is 2.89. The van der Waals surface area contributed by atoms with Gasteiger partial charge in [0, 0.05) is 11.5 Å². The van der Waals surface area contributed by atoms with Crippen molar-refractivity contribution < 1.29 is 4.74 Å². The van der Waals surface area contributed by atoms with Gasteiger partial charge in [-0.25, -0.2) is 0 Å². The summed E-state index contributed by atoms with van der Waals surface area (Å²) in [6.07, 6.45) is 2.34. The van der Waals surface area contributed by atoms with E-state index in [-0.39, 0.29) is 0 Å². The van der Waals surface area contributed by atoms with Crippen LogP contribution >= 0.6 is 0 Å². The minimum atomic E-state index is 0.345. The molecule has 0 bridgehead atoms. The Labute approximate surface area is 62.7 Å². The van der Waals surface area contributed by atoms with Crippen LogP contribution in [-0.4, -0.2) is 19.3 Å². The molecule has 1 rings (SSSR count). The average molecular weight is 143 g/mol. The number of ether oxygens (including phenoxy) is 1. The van der Waals surface area contributed by atoms with Crippen LogP contribution in [0.5, 0.6) is 0 Å². The fourth-order valence-corrected chi connectivity index (χ4v) is 1.17. The molecule has 1 fully saturated rings. The van der Waals surface area contributed by atoms with Gasteiger partial charge in [0.15, 0.2) is 0 Å². The van der Waals surface area contributed by atoms with Gasteiger partial charge < -0.3 is 10.5 Å². The molecule has 10 heavy (non-hydrogen) atoms. The second-order valence-corrected chi connectivity index (χ2v) is 3.82. The lowest BCUT2D eigenvalue weighted by Gasteiger charge is -2.38. The summed E-state index contributed by atoms with van der Waals surface area (Å²) in [5, 5.41) is 0. The van der Waals surface area contributed by atoms with Crippen molar-refractivity contribution in [2.45, 2.75) is 32.7 Å². The summed E-state index contributed by atoms with van der Waals surface area (Å²) >= 11 is 0. The normalized spacial score (nSPS) is 25.5. The zero-order chi connectivity index (χ0) is 7.61. The molecular weight excluding hydrogens is 126 g/mol. The van der Waals surface area contributed by atoms with Crippen LogP contribution < -0.4 is 5.73 Å². The van der Waals surface area contributed by atoms with Crippen molar-refractivity contribution >= 4 is 0 Å². The zero-order valence-corrected chi connectivity index (χ0v) is 6.89. The van der Waals surface area contributed by atoms with Gasteiger partial charge >= 0.3 is 0 Å². The summed E-state index contributed by atoms with van der Waals surface area (Å²) in [4.78, 5) is 0. The van der Waals surface area contributed by atoms with Crippen LogP contribution in [0, 0.1) is 5.41 Å². The molecule has 60 valence electrons. The Morgan fingerprint density at radius 3 is 2.50 bits per heavy atom. The van der Waals surface area contributed by atoms with Crippen LogP contribution in [-0.2, 0) is 4.74 Å². The van der Waals surface area contributed by atoms with E-state index in [1.807, 2.05) is 0 Å². The van der Waals surface area contributed by atoms with Gasteiger partial charge in [0.25, 0.3) is 0 Å². The molecule has 0 spiro atoms. The number of nitrogens with two attached hydrogens (primary N) is 1. The Balaban J connectivity index is 2.12. The molecule has 1 saturated heterocycles. The van der Waals surface area contributed by atoms with Crippen molar-refractivity contribution in [1.29, 1.82) is 0 Å². The van der Waals surface area contributed by atoms with E-state index in [2.05, 4.69) is 13.8 Å². The summed E-state index contributed by atoms with van der Waals surface area (Å²) in [5.41, 5.74) is 6.09. The van der Waals surface area contributed by atoms with Gasteiger partial charge in [0.05, 0.1) is 13.2 Å². The molecule has 0 saturated carbocycles. The molecular formula is C8H17NO. The van der Waals surface area contributed by atoms with Crippen LogP contribution in [0.2, 0.25) is 0 Å². The lowest BCUT2D eigenvalue weighted by atomic mass is 9.83. The Kier molecular flexibility index (Phi) is 2.32. The lowest BCUT2D eigenvalue weighted by molar-refractivity contribution is -0.106. The molecule has 1 aliphatic heterocycles. The number of hydrogen-bond donors (Lipinski definition) is 1. The first kappa shape index (κ1) is 8.02. The van der Waals surface area contributed by atoms with Crippen LogP contribution in [0.3, 0.4) is 0 Å². The first-order valence-electron chi connectivity index (χ1n) is 3.96. The zero-order valence-electron chi connectivity index (χ0n) is 6.89. The quantitative estimate of drug-likeness (QED) is 0.643. The lowest BCUT2D eigenvalue weighted by Crippen LogP contribution is -2.40. The fraction of sp³-hybridized carbons (Fsp3) is 1.00. The van der Waals surface area contributed by atoms with Crippen molar-refractivity contribution in [1.82, 2.24) is 0 Å². The standard InChI is InChI=1S/C8H17NO/c1-7(9)3-4-8(2)5-10-6-8/h7H,3-6,9H2,1-2H3/t7-/m0/s1. The first-order valence-corrected chi connectivity index (χ1v) is 3.96. The smallest absolute Gasteiger partial charge is 0.0542 e. The third kappa shape index (κ3) is 1.96. The molecule has 2 nitrogen and oxygen atoms in total. The summed E-state index contributed by atoms with van der Waals surface area (Å²) in [6.45, 7) is 6.18. The largest absolute Gasteiger partial charge is 0.380 e. The summed E-state index contributed by atoms with van der Waals surface area (Å²) in [6, 6.07) is 0.345. The maximum Gasteiger partial charge on any atom is 0.0542 e. The van der Waals surface area contributed by atoms with Gasteiger partial charge in [-0.15, -0.1) is 0 Å². The molecule has 0 radical (unpaired) electrons. The van der Waals surface area contributed by atoms with Gasteiger partial charge in [-0.1, -0.05) is 6.92 Å². The van der Waals surface area contributed by atoms with E-state index in [1.165, 1.54) is 6.42 Å². The minimum absolute atomic E-state index is 0.345. The number of hydrogen-bond acceptors (Lipinski definition) is 2.